The van der Waals surface area contributed by atoms with Crippen molar-refractivity contribution in [2.24, 2.45) is 0 Å². The Morgan fingerprint density at radius 3 is 2.72 bits per heavy atom. The van der Waals surface area contributed by atoms with Crippen LogP contribution >= 0.6 is 0 Å². The number of rotatable bonds is 6. The van der Waals surface area contributed by atoms with Crippen molar-refractivity contribution >= 4 is 5.91 Å². The van der Waals surface area contributed by atoms with Gasteiger partial charge in [0.1, 0.15) is 17.3 Å². The van der Waals surface area contributed by atoms with Crippen molar-refractivity contribution in [2.75, 3.05) is 6.54 Å². The number of carbonyl (C=O) groups excluding carboxylic acids is 1. The molecule has 128 valence electrons. The van der Waals surface area contributed by atoms with Gasteiger partial charge in [-0.25, -0.2) is 9.37 Å². The molecule has 1 aromatic heterocycles. The van der Waals surface area contributed by atoms with Crippen LogP contribution in [0, 0.1) is 12.7 Å². The Bertz CT molecular complexity index is 859. The van der Waals surface area contributed by atoms with E-state index in [1.165, 1.54) is 12.1 Å². The lowest BCUT2D eigenvalue weighted by atomic mass is 10.1. The fourth-order valence-corrected chi connectivity index (χ4v) is 2.67. The van der Waals surface area contributed by atoms with Crippen LogP contribution in [0.5, 0.6) is 0 Å². The molecule has 0 aliphatic rings. The lowest BCUT2D eigenvalue weighted by Crippen LogP contribution is -2.27. The van der Waals surface area contributed by atoms with E-state index in [9.17, 15) is 9.18 Å². The first kappa shape index (κ1) is 16.9. The van der Waals surface area contributed by atoms with Gasteiger partial charge in [-0.2, -0.15) is 0 Å². The van der Waals surface area contributed by atoms with Gasteiger partial charge in [0, 0.05) is 25.5 Å². The van der Waals surface area contributed by atoms with Crippen LogP contribution in [0.25, 0.3) is 11.3 Å². The highest BCUT2D eigenvalue weighted by molar-refractivity contribution is 5.78. The predicted octanol–water partition coefficient (Wildman–Crippen LogP) is 3.69. The van der Waals surface area contributed by atoms with Gasteiger partial charge in [0.2, 0.25) is 5.91 Å². The summed E-state index contributed by atoms with van der Waals surface area (Å²) in [7, 11) is 0. The van der Waals surface area contributed by atoms with Crippen LogP contribution in [-0.2, 0) is 17.6 Å². The highest BCUT2D eigenvalue weighted by atomic mass is 19.1. The largest absolute Gasteiger partial charge is 0.445 e. The molecule has 3 rings (SSSR count). The minimum Gasteiger partial charge on any atom is -0.445 e. The van der Waals surface area contributed by atoms with Crippen LogP contribution in [0.3, 0.4) is 0 Å². The Balaban J connectivity index is 1.58. The smallest absolute Gasteiger partial charge is 0.224 e. The average Bonchev–Trinajstić information content (AvgIpc) is 2.96. The van der Waals surface area contributed by atoms with Gasteiger partial charge in [0.25, 0.3) is 0 Å². The maximum absolute atomic E-state index is 13.1. The highest BCUT2D eigenvalue weighted by Crippen LogP contribution is 2.23. The van der Waals surface area contributed by atoms with Crippen LogP contribution < -0.4 is 5.32 Å². The summed E-state index contributed by atoms with van der Waals surface area (Å²) < 4.78 is 18.8. The number of aromatic nitrogens is 1. The van der Waals surface area contributed by atoms with Crippen molar-refractivity contribution in [3.8, 4) is 11.3 Å². The summed E-state index contributed by atoms with van der Waals surface area (Å²) in [5.41, 5.74) is 2.44. The van der Waals surface area contributed by atoms with Crippen molar-refractivity contribution < 1.29 is 13.6 Å². The summed E-state index contributed by atoms with van der Waals surface area (Å²) in [6.07, 6.45) is 0.693. The van der Waals surface area contributed by atoms with Gasteiger partial charge in [-0.1, -0.05) is 42.5 Å². The average molecular weight is 338 g/mol. The minimum absolute atomic E-state index is 0.150. The number of halogens is 1. The first-order chi connectivity index (χ1) is 12.1. The second-order valence-corrected chi connectivity index (χ2v) is 5.78. The van der Waals surface area contributed by atoms with Crippen molar-refractivity contribution in [3.63, 3.8) is 0 Å². The molecule has 0 radical (unpaired) electrons. The van der Waals surface area contributed by atoms with E-state index in [-0.39, 0.29) is 18.1 Å². The normalized spacial score (nSPS) is 10.6. The minimum atomic E-state index is -0.338. The summed E-state index contributed by atoms with van der Waals surface area (Å²) in [5.74, 6) is 0.854. The standard InChI is InChI=1S/C20H19FN2O2/c1-14-23-20(16-7-3-2-4-8-16)18(25-14)10-11-22-19(24)13-15-6-5-9-17(21)12-15/h2-9,12H,10-11,13H2,1H3,(H,22,24). The third kappa shape index (κ3) is 4.53. The molecule has 4 nitrogen and oxygen atoms in total. The van der Waals surface area contributed by atoms with Gasteiger partial charge >= 0.3 is 0 Å². The lowest BCUT2D eigenvalue weighted by molar-refractivity contribution is -0.120. The van der Waals surface area contributed by atoms with E-state index in [1.54, 1.807) is 19.1 Å². The molecule has 0 fully saturated rings. The van der Waals surface area contributed by atoms with Gasteiger partial charge in [0.15, 0.2) is 5.89 Å². The van der Waals surface area contributed by atoms with E-state index in [1.807, 2.05) is 30.3 Å². The maximum Gasteiger partial charge on any atom is 0.224 e. The number of amides is 1. The molecule has 25 heavy (non-hydrogen) atoms. The molecule has 0 bridgehead atoms. The number of hydrogen-bond donors (Lipinski definition) is 1. The molecule has 1 heterocycles. The molecule has 0 atom stereocenters. The van der Waals surface area contributed by atoms with Crippen LogP contribution in [0.1, 0.15) is 17.2 Å². The molecule has 0 unspecified atom stereocenters. The number of nitrogens with zero attached hydrogens (tertiary/aromatic N) is 1. The third-order valence-electron chi connectivity index (χ3n) is 3.78. The molecule has 1 amide bonds. The number of aryl methyl sites for hydroxylation is 1. The van der Waals surface area contributed by atoms with E-state index in [2.05, 4.69) is 10.3 Å². The zero-order valence-electron chi connectivity index (χ0n) is 14.0. The van der Waals surface area contributed by atoms with Crippen molar-refractivity contribution in [1.29, 1.82) is 0 Å². The predicted molar refractivity (Wildman–Crippen MR) is 93.5 cm³/mol. The van der Waals surface area contributed by atoms with Gasteiger partial charge in [-0.15, -0.1) is 0 Å². The summed E-state index contributed by atoms with van der Waals surface area (Å²) in [4.78, 5) is 16.4. The number of benzene rings is 2. The van der Waals surface area contributed by atoms with Crippen molar-refractivity contribution in [3.05, 3.63) is 77.6 Å². The number of carbonyl (C=O) groups is 1. The van der Waals surface area contributed by atoms with Gasteiger partial charge in [-0.3, -0.25) is 4.79 Å². The Morgan fingerprint density at radius 2 is 1.96 bits per heavy atom. The third-order valence-corrected chi connectivity index (χ3v) is 3.78. The van der Waals surface area contributed by atoms with Crippen molar-refractivity contribution in [1.82, 2.24) is 10.3 Å². The van der Waals surface area contributed by atoms with Crippen LogP contribution in [0.4, 0.5) is 4.39 Å². The van der Waals surface area contributed by atoms with Gasteiger partial charge in [0.05, 0.1) is 6.42 Å². The zero-order valence-corrected chi connectivity index (χ0v) is 14.0. The second-order valence-electron chi connectivity index (χ2n) is 5.78. The fourth-order valence-electron chi connectivity index (χ4n) is 2.67. The summed E-state index contributed by atoms with van der Waals surface area (Å²) in [5, 5.41) is 2.84. The number of nitrogens with one attached hydrogen (secondary N) is 1. The fraction of sp³-hybridized carbons (Fsp3) is 0.200. The van der Waals surface area contributed by atoms with Crippen molar-refractivity contribution in [2.45, 2.75) is 19.8 Å². The van der Waals surface area contributed by atoms with Crippen LogP contribution in [0.15, 0.2) is 59.0 Å². The number of oxazole rings is 1. The molecular formula is C20H19FN2O2. The number of hydrogen-bond acceptors (Lipinski definition) is 3. The Kier molecular flexibility index (Phi) is 5.23. The molecular weight excluding hydrogens is 319 g/mol. The topological polar surface area (TPSA) is 55.1 Å². The molecule has 0 spiro atoms. The molecule has 0 saturated heterocycles. The van der Waals surface area contributed by atoms with E-state index in [4.69, 9.17) is 4.42 Å². The Hall–Kier alpha value is -2.95. The quantitative estimate of drug-likeness (QED) is 0.746. The maximum atomic E-state index is 13.1. The molecule has 0 aliphatic heterocycles. The van der Waals surface area contributed by atoms with Crippen LogP contribution in [-0.4, -0.2) is 17.4 Å². The molecule has 3 aromatic rings. The van der Waals surface area contributed by atoms with E-state index < -0.39 is 0 Å². The second kappa shape index (κ2) is 7.75. The van der Waals surface area contributed by atoms with E-state index in [0.717, 1.165) is 17.0 Å². The molecule has 5 heteroatoms. The summed E-state index contributed by atoms with van der Waals surface area (Å²) >= 11 is 0. The first-order valence-corrected chi connectivity index (χ1v) is 8.14. The Labute approximate surface area is 145 Å². The monoisotopic (exact) mass is 338 g/mol. The lowest BCUT2D eigenvalue weighted by Gasteiger charge is -2.05. The summed E-state index contributed by atoms with van der Waals surface area (Å²) in [6.45, 7) is 2.24. The van der Waals surface area contributed by atoms with E-state index >= 15 is 0 Å². The molecule has 0 saturated carbocycles. The molecule has 0 aliphatic carbocycles. The first-order valence-electron chi connectivity index (χ1n) is 8.14. The van der Waals surface area contributed by atoms with Gasteiger partial charge in [-0.05, 0) is 17.7 Å². The highest BCUT2D eigenvalue weighted by Gasteiger charge is 2.13. The Morgan fingerprint density at radius 1 is 1.16 bits per heavy atom. The van der Waals surface area contributed by atoms with Crippen LogP contribution in [0.2, 0.25) is 0 Å². The summed E-state index contributed by atoms with van der Waals surface area (Å²) in [6, 6.07) is 15.9. The zero-order chi connectivity index (χ0) is 17.6. The van der Waals surface area contributed by atoms with E-state index in [0.29, 0.717) is 24.4 Å². The molecule has 1 N–H and O–H groups in total. The SMILES string of the molecule is Cc1nc(-c2ccccc2)c(CCNC(=O)Cc2cccc(F)c2)o1. The molecule has 2 aromatic carbocycles. The van der Waals surface area contributed by atoms with Gasteiger partial charge < -0.3 is 9.73 Å².